The van der Waals surface area contributed by atoms with Gasteiger partial charge in [-0.2, -0.15) is 0 Å². The molecule has 1 aromatic heterocycles. The fourth-order valence-electron chi connectivity index (χ4n) is 1.76. The van der Waals surface area contributed by atoms with Crippen molar-refractivity contribution in [1.82, 2.24) is 9.55 Å². The third-order valence-electron chi connectivity index (χ3n) is 2.79. The van der Waals surface area contributed by atoms with Crippen molar-refractivity contribution < 1.29 is 4.74 Å². The van der Waals surface area contributed by atoms with Crippen LogP contribution in [0.2, 0.25) is 0 Å². The predicted octanol–water partition coefficient (Wildman–Crippen LogP) is 3.13. The van der Waals surface area contributed by atoms with Gasteiger partial charge in [0.1, 0.15) is 5.75 Å². The first-order chi connectivity index (χ1) is 8.74. The van der Waals surface area contributed by atoms with Crippen LogP contribution in [0.5, 0.6) is 11.6 Å². The number of ether oxygens (including phenoxy) is 1. The monoisotopic (exact) mass is 306 g/mol. The standard InChI is InChI=1S/C13H11BrN2O2/c14-9-2-1-3-11(8-9)18-12-13(17)16(7-6-15-12)10-4-5-10/h1-3,6-8,10H,4-5H2. The summed E-state index contributed by atoms with van der Waals surface area (Å²) < 4.78 is 8.13. The third kappa shape index (κ3) is 2.31. The van der Waals surface area contributed by atoms with E-state index in [9.17, 15) is 4.79 Å². The van der Waals surface area contributed by atoms with E-state index in [4.69, 9.17) is 4.74 Å². The van der Waals surface area contributed by atoms with Crippen molar-refractivity contribution >= 4 is 15.9 Å². The van der Waals surface area contributed by atoms with Gasteiger partial charge < -0.3 is 9.30 Å². The lowest BCUT2D eigenvalue weighted by molar-refractivity contribution is 0.444. The summed E-state index contributed by atoms with van der Waals surface area (Å²) in [5.41, 5.74) is -0.167. The molecule has 1 heterocycles. The van der Waals surface area contributed by atoms with Gasteiger partial charge in [-0.05, 0) is 31.0 Å². The summed E-state index contributed by atoms with van der Waals surface area (Å²) >= 11 is 3.36. The van der Waals surface area contributed by atoms with E-state index in [1.165, 1.54) is 0 Å². The van der Waals surface area contributed by atoms with Gasteiger partial charge in [-0.3, -0.25) is 4.79 Å². The molecule has 0 saturated heterocycles. The van der Waals surface area contributed by atoms with Gasteiger partial charge in [-0.25, -0.2) is 4.98 Å². The first-order valence-electron chi connectivity index (χ1n) is 5.74. The van der Waals surface area contributed by atoms with Crippen molar-refractivity contribution in [3.63, 3.8) is 0 Å². The van der Waals surface area contributed by atoms with E-state index in [0.29, 0.717) is 11.8 Å². The molecule has 0 radical (unpaired) electrons. The van der Waals surface area contributed by atoms with Crippen LogP contribution in [0.1, 0.15) is 18.9 Å². The topological polar surface area (TPSA) is 44.1 Å². The minimum Gasteiger partial charge on any atom is -0.435 e. The highest BCUT2D eigenvalue weighted by Crippen LogP contribution is 2.33. The fourth-order valence-corrected chi connectivity index (χ4v) is 2.14. The van der Waals surface area contributed by atoms with Gasteiger partial charge in [-0.1, -0.05) is 22.0 Å². The number of aromatic nitrogens is 2. The first-order valence-corrected chi connectivity index (χ1v) is 6.54. The second-order valence-electron chi connectivity index (χ2n) is 4.24. The minimum absolute atomic E-state index is 0.127. The normalized spacial score (nSPS) is 14.5. The Hall–Kier alpha value is -1.62. The molecular weight excluding hydrogens is 296 g/mol. The molecule has 5 heteroatoms. The second-order valence-corrected chi connectivity index (χ2v) is 5.15. The summed E-state index contributed by atoms with van der Waals surface area (Å²) in [6.07, 6.45) is 5.43. The molecule has 2 aromatic rings. The van der Waals surface area contributed by atoms with Crippen LogP contribution in [0, 0.1) is 0 Å². The van der Waals surface area contributed by atoms with Gasteiger partial charge in [0.2, 0.25) is 0 Å². The van der Waals surface area contributed by atoms with Crippen LogP contribution in [-0.2, 0) is 0 Å². The molecule has 3 rings (SSSR count). The largest absolute Gasteiger partial charge is 0.435 e. The molecule has 1 aromatic carbocycles. The molecular formula is C13H11BrN2O2. The highest BCUT2D eigenvalue weighted by molar-refractivity contribution is 9.10. The molecule has 0 N–H and O–H groups in total. The van der Waals surface area contributed by atoms with Crippen molar-refractivity contribution in [2.45, 2.75) is 18.9 Å². The number of rotatable bonds is 3. The Morgan fingerprint density at radius 3 is 2.94 bits per heavy atom. The molecule has 4 nitrogen and oxygen atoms in total. The second kappa shape index (κ2) is 4.57. The molecule has 18 heavy (non-hydrogen) atoms. The fraction of sp³-hybridized carbons (Fsp3) is 0.231. The van der Waals surface area contributed by atoms with Crippen LogP contribution >= 0.6 is 15.9 Å². The maximum Gasteiger partial charge on any atom is 0.313 e. The van der Waals surface area contributed by atoms with E-state index >= 15 is 0 Å². The van der Waals surface area contributed by atoms with E-state index in [2.05, 4.69) is 20.9 Å². The average Bonchev–Trinajstić information content (AvgIpc) is 3.16. The van der Waals surface area contributed by atoms with E-state index in [1.54, 1.807) is 29.1 Å². The number of hydrogen-bond acceptors (Lipinski definition) is 3. The van der Waals surface area contributed by atoms with Crippen molar-refractivity contribution in [1.29, 1.82) is 0 Å². The lowest BCUT2D eigenvalue weighted by Gasteiger charge is -2.07. The summed E-state index contributed by atoms with van der Waals surface area (Å²) in [5.74, 6) is 0.727. The Bertz CT molecular complexity index is 635. The van der Waals surface area contributed by atoms with Gasteiger partial charge in [0, 0.05) is 22.9 Å². The third-order valence-corrected chi connectivity index (χ3v) is 3.28. The number of hydrogen-bond donors (Lipinski definition) is 0. The van der Waals surface area contributed by atoms with Crippen molar-refractivity contribution in [3.05, 3.63) is 51.5 Å². The average molecular weight is 307 g/mol. The predicted molar refractivity (Wildman–Crippen MR) is 71.0 cm³/mol. The highest BCUT2D eigenvalue weighted by Gasteiger charge is 2.25. The molecule has 1 saturated carbocycles. The quantitative estimate of drug-likeness (QED) is 0.875. The molecule has 1 aliphatic rings. The summed E-state index contributed by atoms with van der Waals surface area (Å²) in [6, 6.07) is 7.66. The Morgan fingerprint density at radius 2 is 2.22 bits per heavy atom. The minimum atomic E-state index is -0.167. The number of nitrogens with zero attached hydrogens (tertiary/aromatic N) is 2. The van der Waals surface area contributed by atoms with Gasteiger partial charge in [0.15, 0.2) is 0 Å². The molecule has 1 fully saturated rings. The zero-order valence-corrected chi connectivity index (χ0v) is 11.1. The maximum absolute atomic E-state index is 12.1. The van der Waals surface area contributed by atoms with Crippen LogP contribution in [0.25, 0.3) is 0 Å². The summed E-state index contributed by atoms with van der Waals surface area (Å²) in [6.45, 7) is 0. The van der Waals surface area contributed by atoms with Crippen LogP contribution in [0.4, 0.5) is 0 Å². The van der Waals surface area contributed by atoms with Gasteiger partial charge >= 0.3 is 5.56 Å². The lowest BCUT2D eigenvalue weighted by atomic mass is 10.3. The Labute approximate surface area is 112 Å². The van der Waals surface area contributed by atoms with Gasteiger partial charge in [0.05, 0.1) is 0 Å². The zero-order chi connectivity index (χ0) is 12.5. The number of benzene rings is 1. The lowest BCUT2D eigenvalue weighted by Crippen LogP contribution is -2.20. The molecule has 0 unspecified atom stereocenters. The van der Waals surface area contributed by atoms with Crippen molar-refractivity contribution in [2.75, 3.05) is 0 Å². The Balaban J connectivity index is 1.93. The van der Waals surface area contributed by atoms with E-state index in [1.807, 2.05) is 12.1 Å². The van der Waals surface area contributed by atoms with Crippen LogP contribution in [-0.4, -0.2) is 9.55 Å². The van der Waals surface area contributed by atoms with Crippen LogP contribution in [0.3, 0.4) is 0 Å². The molecule has 0 bridgehead atoms. The molecule has 92 valence electrons. The molecule has 0 spiro atoms. The van der Waals surface area contributed by atoms with E-state index < -0.39 is 0 Å². The smallest absolute Gasteiger partial charge is 0.313 e. The van der Waals surface area contributed by atoms with Crippen LogP contribution < -0.4 is 10.3 Å². The maximum atomic E-state index is 12.1. The van der Waals surface area contributed by atoms with Crippen molar-refractivity contribution in [2.24, 2.45) is 0 Å². The highest BCUT2D eigenvalue weighted by atomic mass is 79.9. The van der Waals surface area contributed by atoms with Crippen molar-refractivity contribution in [3.8, 4) is 11.6 Å². The molecule has 0 amide bonds. The molecule has 1 aliphatic carbocycles. The SMILES string of the molecule is O=c1c(Oc2cccc(Br)c2)nccn1C1CC1. The molecule has 0 aliphatic heterocycles. The summed E-state index contributed by atoms with van der Waals surface area (Å²) in [7, 11) is 0. The summed E-state index contributed by atoms with van der Waals surface area (Å²) in [4.78, 5) is 16.1. The van der Waals surface area contributed by atoms with Gasteiger partial charge in [0.25, 0.3) is 5.88 Å². The Kier molecular flexibility index (Phi) is 2.91. The Morgan fingerprint density at radius 1 is 1.39 bits per heavy atom. The van der Waals surface area contributed by atoms with Gasteiger partial charge in [-0.15, -0.1) is 0 Å². The first kappa shape index (κ1) is 11.5. The van der Waals surface area contributed by atoms with E-state index in [0.717, 1.165) is 17.3 Å². The van der Waals surface area contributed by atoms with Crippen LogP contribution in [0.15, 0.2) is 45.9 Å². The molecule has 0 atom stereocenters. The van der Waals surface area contributed by atoms with E-state index in [-0.39, 0.29) is 11.4 Å². The zero-order valence-electron chi connectivity index (χ0n) is 9.54. The number of halogens is 1. The summed E-state index contributed by atoms with van der Waals surface area (Å²) in [5, 5.41) is 0.